The van der Waals surface area contributed by atoms with Gasteiger partial charge in [0.1, 0.15) is 12.3 Å². The summed E-state index contributed by atoms with van der Waals surface area (Å²) in [6.07, 6.45) is -0.0243. The van der Waals surface area contributed by atoms with Gasteiger partial charge in [-0.3, -0.25) is 4.79 Å². The Bertz CT molecular complexity index is 469. The van der Waals surface area contributed by atoms with Gasteiger partial charge < -0.3 is 24.6 Å². The molecule has 1 aliphatic rings. The number of aliphatic hydroxyl groups excluding tert-OH is 2. The van der Waals surface area contributed by atoms with E-state index in [2.05, 4.69) is 0 Å². The molecule has 0 bridgehead atoms. The van der Waals surface area contributed by atoms with Crippen LogP contribution in [0.2, 0.25) is 0 Å². The largest absolute Gasteiger partial charge is 0.503 e. The maximum Gasteiger partial charge on any atom is 0.223 e. The summed E-state index contributed by atoms with van der Waals surface area (Å²) in [5.41, 5.74) is -0.0655. The highest BCUT2D eigenvalue weighted by atomic mass is 16.5. The normalized spacial score (nSPS) is 28.5. The average Bonchev–Trinajstić information content (AvgIpc) is 2.67. The van der Waals surface area contributed by atoms with Crippen LogP contribution in [0.1, 0.15) is 18.3 Å². The minimum absolute atomic E-state index is 0.261. The van der Waals surface area contributed by atoms with Crippen LogP contribution in [-0.2, 0) is 4.74 Å². The highest BCUT2D eigenvalue weighted by Crippen LogP contribution is 2.30. The van der Waals surface area contributed by atoms with Gasteiger partial charge in [0.15, 0.2) is 5.75 Å². The molecule has 2 rings (SSSR count). The molecule has 0 radical (unpaired) electrons. The highest BCUT2D eigenvalue weighted by molar-refractivity contribution is 5.25. The molecule has 17 heavy (non-hydrogen) atoms. The Balaban J connectivity index is 2.31. The van der Waals surface area contributed by atoms with E-state index in [0.717, 1.165) is 0 Å². The van der Waals surface area contributed by atoms with Gasteiger partial charge in [-0.15, -0.1) is 0 Å². The number of aromatic nitrogens is 1. The van der Waals surface area contributed by atoms with Crippen LogP contribution >= 0.6 is 0 Å². The molecule has 2 heterocycles. The molecule has 1 aromatic heterocycles. The molecule has 1 saturated heterocycles. The smallest absolute Gasteiger partial charge is 0.223 e. The van der Waals surface area contributed by atoms with Gasteiger partial charge >= 0.3 is 0 Å². The molecule has 0 amide bonds. The lowest BCUT2D eigenvalue weighted by atomic mass is 10.2. The summed E-state index contributed by atoms with van der Waals surface area (Å²) < 4.78 is 7.01. The van der Waals surface area contributed by atoms with Gasteiger partial charge in [0, 0.05) is 18.7 Å². The molecule has 94 valence electrons. The number of pyridine rings is 1. The summed E-state index contributed by atoms with van der Waals surface area (Å²) >= 11 is 0. The van der Waals surface area contributed by atoms with Crippen LogP contribution in [0.25, 0.3) is 0 Å². The van der Waals surface area contributed by atoms with Crippen LogP contribution in [0.5, 0.6) is 5.75 Å². The molecule has 1 unspecified atom stereocenters. The van der Waals surface area contributed by atoms with Crippen molar-refractivity contribution in [3.8, 4) is 5.75 Å². The Kier molecular flexibility index (Phi) is 3.19. The number of rotatable bonds is 2. The molecule has 0 saturated carbocycles. The SMILES string of the molecule is Cc1c(O)c(=O)ccn1[C@H]1CC(O)[C@@H](CO)O1. The lowest BCUT2D eigenvalue weighted by Crippen LogP contribution is -2.24. The van der Waals surface area contributed by atoms with Crippen molar-refractivity contribution in [2.75, 3.05) is 6.61 Å². The maximum absolute atomic E-state index is 11.2. The van der Waals surface area contributed by atoms with Crippen LogP contribution in [0.15, 0.2) is 17.1 Å². The molecule has 1 aliphatic heterocycles. The van der Waals surface area contributed by atoms with E-state index in [0.29, 0.717) is 12.1 Å². The number of ether oxygens (including phenoxy) is 1. The third-order valence-electron chi connectivity index (χ3n) is 3.04. The zero-order valence-corrected chi connectivity index (χ0v) is 9.41. The molecule has 1 aromatic rings. The van der Waals surface area contributed by atoms with E-state index in [-0.39, 0.29) is 12.4 Å². The maximum atomic E-state index is 11.2. The van der Waals surface area contributed by atoms with Crippen molar-refractivity contribution in [3.63, 3.8) is 0 Å². The predicted octanol–water partition coefficient (Wildman–Crippen LogP) is -0.497. The van der Waals surface area contributed by atoms with Crippen LogP contribution in [0.3, 0.4) is 0 Å². The monoisotopic (exact) mass is 241 g/mol. The predicted molar refractivity (Wildman–Crippen MR) is 58.7 cm³/mol. The lowest BCUT2D eigenvalue weighted by Gasteiger charge is -2.18. The fourth-order valence-electron chi connectivity index (χ4n) is 2.00. The van der Waals surface area contributed by atoms with E-state index in [9.17, 15) is 15.0 Å². The van der Waals surface area contributed by atoms with Crippen molar-refractivity contribution in [2.24, 2.45) is 0 Å². The van der Waals surface area contributed by atoms with Gasteiger partial charge in [-0.25, -0.2) is 0 Å². The number of aliphatic hydroxyl groups is 2. The van der Waals surface area contributed by atoms with E-state index in [4.69, 9.17) is 9.84 Å². The fourth-order valence-corrected chi connectivity index (χ4v) is 2.00. The Morgan fingerprint density at radius 1 is 1.59 bits per heavy atom. The van der Waals surface area contributed by atoms with Crippen LogP contribution in [0.4, 0.5) is 0 Å². The van der Waals surface area contributed by atoms with Gasteiger partial charge in [0.2, 0.25) is 5.43 Å². The van der Waals surface area contributed by atoms with E-state index in [1.165, 1.54) is 12.3 Å². The zero-order chi connectivity index (χ0) is 12.6. The van der Waals surface area contributed by atoms with E-state index in [1.807, 2.05) is 0 Å². The second kappa shape index (κ2) is 4.48. The molecule has 3 atom stereocenters. The van der Waals surface area contributed by atoms with Gasteiger partial charge in [0.25, 0.3) is 0 Å². The van der Waals surface area contributed by atoms with Crippen molar-refractivity contribution >= 4 is 0 Å². The molecule has 3 N–H and O–H groups in total. The van der Waals surface area contributed by atoms with Crippen molar-refractivity contribution in [2.45, 2.75) is 31.8 Å². The second-order valence-corrected chi connectivity index (χ2v) is 4.14. The quantitative estimate of drug-likeness (QED) is 0.649. The first-order valence-corrected chi connectivity index (χ1v) is 5.39. The standard InChI is InChI=1S/C11H15NO5/c1-6-11(16)7(14)2-3-12(6)10-4-8(15)9(5-13)17-10/h2-3,8-10,13,15-16H,4-5H2,1H3/t8?,9-,10-/m1/s1. The lowest BCUT2D eigenvalue weighted by molar-refractivity contribution is -0.0452. The van der Waals surface area contributed by atoms with Crippen LogP contribution < -0.4 is 5.43 Å². The van der Waals surface area contributed by atoms with Crippen molar-refractivity contribution in [1.82, 2.24) is 4.57 Å². The first-order valence-electron chi connectivity index (χ1n) is 5.39. The summed E-state index contributed by atoms with van der Waals surface area (Å²) in [5, 5.41) is 28.1. The van der Waals surface area contributed by atoms with Gasteiger partial charge in [-0.2, -0.15) is 0 Å². The number of hydrogen-bond acceptors (Lipinski definition) is 5. The zero-order valence-electron chi connectivity index (χ0n) is 9.41. The van der Waals surface area contributed by atoms with E-state index >= 15 is 0 Å². The minimum Gasteiger partial charge on any atom is -0.503 e. The Labute approximate surface area is 97.7 Å². The number of nitrogens with zero attached hydrogens (tertiary/aromatic N) is 1. The molecule has 6 nitrogen and oxygen atoms in total. The molecule has 0 aliphatic carbocycles. The topological polar surface area (TPSA) is 91.9 Å². The minimum atomic E-state index is -0.744. The van der Waals surface area contributed by atoms with Crippen LogP contribution in [-0.4, -0.2) is 38.7 Å². The average molecular weight is 241 g/mol. The van der Waals surface area contributed by atoms with Gasteiger partial charge in [0.05, 0.1) is 18.4 Å². The van der Waals surface area contributed by atoms with Crippen molar-refractivity contribution in [3.05, 3.63) is 28.2 Å². The molecule has 0 aromatic carbocycles. The summed E-state index contributed by atoms with van der Waals surface area (Å²) in [6, 6.07) is 1.24. The molecule has 0 spiro atoms. The van der Waals surface area contributed by atoms with E-state index in [1.54, 1.807) is 11.5 Å². The summed E-state index contributed by atoms with van der Waals surface area (Å²) in [5.74, 6) is -0.321. The summed E-state index contributed by atoms with van der Waals surface area (Å²) in [4.78, 5) is 11.2. The number of hydrogen-bond donors (Lipinski definition) is 3. The van der Waals surface area contributed by atoms with Gasteiger partial charge in [-0.1, -0.05) is 0 Å². The third kappa shape index (κ3) is 2.06. The first kappa shape index (κ1) is 12.1. The Morgan fingerprint density at radius 3 is 2.88 bits per heavy atom. The fraction of sp³-hybridized carbons (Fsp3) is 0.545. The molecular weight excluding hydrogens is 226 g/mol. The van der Waals surface area contributed by atoms with Crippen molar-refractivity contribution < 1.29 is 20.1 Å². The molecular formula is C11H15NO5. The molecule has 6 heteroatoms. The van der Waals surface area contributed by atoms with Crippen LogP contribution in [0, 0.1) is 6.92 Å². The summed E-state index contributed by atoms with van der Waals surface area (Å²) in [7, 11) is 0. The first-order chi connectivity index (χ1) is 8.04. The number of aromatic hydroxyl groups is 1. The summed E-state index contributed by atoms with van der Waals surface area (Å²) in [6.45, 7) is 1.33. The third-order valence-corrected chi connectivity index (χ3v) is 3.04. The Morgan fingerprint density at radius 2 is 2.29 bits per heavy atom. The van der Waals surface area contributed by atoms with Gasteiger partial charge in [-0.05, 0) is 6.92 Å². The highest BCUT2D eigenvalue weighted by Gasteiger charge is 2.34. The van der Waals surface area contributed by atoms with E-state index < -0.39 is 23.9 Å². The molecule has 1 fully saturated rings. The second-order valence-electron chi connectivity index (χ2n) is 4.14. The van der Waals surface area contributed by atoms with Crippen molar-refractivity contribution in [1.29, 1.82) is 0 Å². The Hall–Kier alpha value is -1.37.